The number of carbonyl (C=O) groups excluding carboxylic acids is 1. The summed E-state index contributed by atoms with van der Waals surface area (Å²) in [6, 6.07) is 9.92. The number of amides is 1. The second kappa shape index (κ2) is 7.93. The number of imidazole rings is 1. The Morgan fingerprint density at radius 3 is 2.54 bits per heavy atom. The standard InChI is InChI=1S/C19H22F3N3O/c20-19(21,22)18(26)23-11-10-16-12-24-17(15-8-4-5-9-15)25(16)13-14-6-2-1-3-7-14/h1-3,6-7,12,15H,4-5,8-11,13H2,(H,23,26). The van der Waals surface area contributed by atoms with Crippen molar-refractivity contribution in [1.82, 2.24) is 14.9 Å². The third-order valence-corrected chi connectivity index (χ3v) is 4.80. The van der Waals surface area contributed by atoms with E-state index in [0.717, 1.165) is 29.9 Å². The largest absolute Gasteiger partial charge is 0.471 e. The molecule has 1 fully saturated rings. The van der Waals surface area contributed by atoms with Crippen LogP contribution in [0.1, 0.15) is 48.7 Å². The molecule has 0 bridgehead atoms. The van der Waals surface area contributed by atoms with Crippen molar-refractivity contribution in [1.29, 1.82) is 0 Å². The lowest BCUT2D eigenvalue weighted by molar-refractivity contribution is -0.173. The van der Waals surface area contributed by atoms with Crippen LogP contribution in [0.25, 0.3) is 0 Å². The fraction of sp³-hybridized carbons (Fsp3) is 0.474. The highest BCUT2D eigenvalue weighted by atomic mass is 19.4. The Balaban J connectivity index is 1.75. The summed E-state index contributed by atoms with van der Waals surface area (Å²) >= 11 is 0. The zero-order chi connectivity index (χ0) is 18.6. The highest BCUT2D eigenvalue weighted by Gasteiger charge is 2.38. The summed E-state index contributed by atoms with van der Waals surface area (Å²) in [5, 5.41) is 1.94. The zero-order valence-electron chi connectivity index (χ0n) is 14.4. The normalized spacial score (nSPS) is 15.3. The molecule has 0 aliphatic heterocycles. The van der Waals surface area contributed by atoms with E-state index in [-0.39, 0.29) is 6.54 Å². The van der Waals surface area contributed by atoms with Gasteiger partial charge < -0.3 is 9.88 Å². The Kier molecular flexibility index (Phi) is 5.64. The average Bonchev–Trinajstić information content (AvgIpc) is 3.25. The van der Waals surface area contributed by atoms with E-state index in [1.54, 1.807) is 6.20 Å². The highest BCUT2D eigenvalue weighted by Crippen LogP contribution is 2.34. The SMILES string of the molecule is O=C(NCCc1cnc(C2CCCC2)n1Cc1ccccc1)C(F)(F)F. The first kappa shape index (κ1) is 18.5. The number of hydrogen-bond donors (Lipinski definition) is 1. The lowest BCUT2D eigenvalue weighted by Crippen LogP contribution is -2.38. The summed E-state index contributed by atoms with van der Waals surface area (Å²) in [6.07, 6.45) is 1.75. The number of nitrogens with one attached hydrogen (secondary N) is 1. The Labute approximate surface area is 150 Å². The van der Waals surface area contributed by atoms with Crippen molar-refractivity contribution in [3.05, 3.63) is 53.6 Å². The highest BCUT2D eigenvalue weighted by molar-refractivity contribution is 5.81. The molecule has 0 saturated heterocycles. The maximum atomic E-state index is 12.3. The van der Waals surface area contributed by atoms with Crippen molar-refractivity contribution in [2.24, 2.45) is 0 Å². The minimum atomic E-state index is -4.85. The van der Waals surface area contributed by atoms with Gasteiger partial charge in [-0.15, -0.1) is 0 Å². The molecule has 7 heteroatoms. The van der Waals surface area contributed by atoms with Crippen LogP contribution in [0.15, 0.2) is 36.5 Å². The van der Waals surface area contributed by atoms with Gasteiger partial charge in [0.15, 0.2) is 0 Å². The predicted molar refractivity (Wildman–Crippen MR) is 91.7 cm³/mol. The topological polar surface area (TPSA) is 46.9 Å². The quantitative estimate of drug-likeness (QED) is 0.846. The van der Waals surface area contributed by atoms with Gasteiger partial charge in [0.25, 0.3) is 0 Å². The number of hydrogen-bond acceptors (Lipinski definition) is 2. The van der Waals surface area contributed by atoms with Crippen LogP contribution in [-0.2, 0) is 17.8 Å². The van der Waals surface area contributed by atoms with Crippen molar-refractivity contribution >= 4 is 5.91 Å². The first-order valence-corrected chi connectivity index (χ1v) is 8.88. The maximum Gasteiger partial charge on any atom is 0.471 e. The molecule has 1 aliphatic rings. The van der Waals surface area contributed by atoms with Crippen LogP contribution in [0.4, 0.5) is 13.2 Å². The van der Waals surface area contributed by atoms with E-state index in [2.05, 4.69) is 9.55 Å². The van der Waals surface area contributed by atoms with Gasteiger partial charge in [-0.05, 0) is 18.4 Å². The molecular weight excluding hydrogens is 343 g/mol. The lowest BCUT2D eigenvalue weighted by Gasteiger charge is -2.16. The van der Waals surface area contributed by atoms with E-state index in [1.807, 2.05) is 35.6 Å². The van der Waals surface area contributed by atoms with Gasteiger partial charge in [0.05, 0.1) is 0 Å². The van der Waals surface area contributed by atoms with Crippen molar-refractivity contribution in [3.8, 4) is 0 Å². The minimum absolute atomic E-state index is 0.0665. The Morgan fingerprint density at radius 1 is 1.19 bits per heavy atom. The molecule has 26 heavy (non-hydrogen) atoms. The Hall–Kier alpha value is -2.31. The molecule has 2 aromatic rings. The number of halogens is 3. The molecule has 140 valence electrons. The van der Waals surface area contributed by atoms with Crippen LogP contribution in [-0.4, -0.2) is 28.2 Å². The molecule has 1 N–H and O–H groups in total. The fourth-order valence-corrected chi connectivity index (χ4v) is 3.49. The second-order valence-electron chi connectivity index (χ2n) is 6.66. The molecule has 1 saturated carbocycles. The molecule has 1 heterocycles. The van der Waals surface area contributed by atoms with Crippen molar-refractivity contribution < 1.29 is 18.0 Å². The van der Waals surface area contributed by atoms with E-state index < -0.39 is 12.1 Å². The van der Waals surface area contributed by atoms with E-state index in [0.29, 0.717) is 18.9 Å². The molecule has 4 nitrogen and oxygen atoms in total. The van der Waals surface area contributed by atoms with Crippen LogP contribution < -0.4 is 5.32 Å². The van der Waals surface area contributed by atoms with Gasteiger partial charge in [-0.3, -0.25) is 4.79 Å². The van der Waals surface area contributed by atoms with Crippen LogP contribution in [0, 0.1) is 0 Å². The average molecular weight is 365 g/mol. The predicted octanol–water partition coefficient (Wildman–Crippen LogP) is 3.81. The minimum Gasteiger partial charge on any atom is -0.348 e. The summed E-state index contributed by atoms with van der Waals surface area (Å²) in [4.78, 5) is 15.6. The smallest absolute Gasteiger partial charge is 0.348 e. The molecule has 0 atom stereocenters. The number of rotatable bonds is 6. The molecule has 0 unspecified atom stereocenters. The van der Waals surface area contributed by atoms with E-state index in [1.165, 1.54) is 12.8 Å². The molecule has 1 aliphatic carbocycles. The summed E-state index contributed by atoms with van der Waals surface area (Å²) in [6.45, 7) is 0.568. The Bertz CT molecular complexity index is 734. The maximum absolute atomic E-state index is 12.3. The fourth-order valence-electron chi connectivity index (χ4n) is 3.49. The first-order valence-electron chi connectivity index (χ1n) is 8.88. The third-order valence-electron chi connectivity index (χ3n) is 4.80. The molecule has 1 amide bonds. The molecular formula is C19H22F3N3O. The summed E-state index contributed by atoms with van der Waals surface area (Å²) in [7, 11) is 0. The summed E-state index contributed by atoms with van der Waals surface area (Å²) in [5.41, 5.74) is 1.96. The van der Waals surface area contributed by atoms with E-state index in [9.17, 15) is 18.0 Å². The second-order valence-corrected chi connectivity index (χ2v) is 6.66. The first-order chi connectivity index (χ1) is 12.4. The van der Waals surface area contributed by atoms with Crippen LogP contribution in [0.3, 0.4) is 0 Å². The van der Waals surface area contributed by atoms with Gasteiger partial charge in [-0.25, -0.2) is 4.98 Å². The third kappa shape index (κ3) is 4.45. The number of alkyl halides is 3. The van der Waals surface area contributed by atoms with Gasteiger partial charge in [-0.1, -0.05) is 43.2 Å². The van der Waals surface area contributed by atoms with Crippen molar-refractivity contribution in [2.45, 2.75) is 50.7 Å². The summed E-state index contributed by atoms with van der Waals surface area (Å²) in [5.74, 6) is -0.497. The monoisotopic (exact) mass is 365 g/mol. The van der Waals surface area contributed by atoms with Gasteiger partial charge in [0.2, 0.25) is 0 Å². The number of nitrogens with zero attached hydrogens (tertiary/aromatic N) is 2. The number of aromatic nitrogens is 2. The zero-order valence-corrected chi connectivity index (χ0v) is 14.4. The molecule has 1 aromatic carbocycles. The van der Waals surface area contributed by atoms with Gasteiger partial charge in [0, 0.05) is 37.3 Å². The molecule has 1 aromatic heterocycles. The van der Waals surface area contributed by atoms with Gasteiger partial charge >= 0.3 is 12.1 Å². The number of carbonyl (C=O) groups is 1. The molecule has 0 spiro atoms. The lowest BCUT2D eigenvalue weighted by atomic mass is 10.1. The Morgan fingerprint density at radius 2 is 1.88 bits per heavy atom. The van der Waals surface area contributed by atoms with Crippen LogP contribution >= 0.6 is 0 Å². The van der Waals surface area contributed by atoms with Crippen molar-refractivity contribution in [2.75, 3.05) is 6.54 Å². The van der Waals surface area contributed by atoms with Crippen LogP contribution in [0.5, 0.6) is 0 Å². The molecule has 3 rings (SSSR count). The van der Waals surface area contributed by atoms with Gasteiger partial charge in [-0.2, -0.15) is 13.2 Å². The van der Waals surface area contributed by atoms with Crippen LogP contribution in [0.2, 0.25) is 0 Å². The molecule has 0 radical (unpaired) electrons. The van der Waals surface area contributed by atoms with Gasteiger partial charge in [0.1, 0.15) is 5.82 Å². The number of benzene rings is 1. The van der Waals surface area contributed by atoms with E-state index >= 15 is 0 Å². The van der Waals surface area contributed by atoms with Crippen molar-refractivity contribution in [3.63, 3.8) is 0 Å². The van der Waals surface area contributed by atoms with E-state index in [4.69, 9.17) is 0 Å². The summed E-state index contributed by atoms with van der Waals surface area (Å²) < 4.78 is 39.1.